The highest BCUT2D eigenvalue weighted by Gasteiger charge is 2.07. The molecule has 30 heavy (non-hydrogen) atoms. The Kier molecular flexibility index (Phi) is 5.62. The second-order valence-electron chi connectivity index (χ2n) is 6.70. The lowest BCUT2D eigenvalue weighted by atomic mass is 10.1. The van der Waals surface area contributed by atoms with Gasteiger partial charge in [0.2, 0.25) is 0 Å². The number of hydrazone groups is 1. The zero-order valence-electron chi connectivity index (χ0n) is 16.1. The molecule has 4 aromatic rings. The smallest absolute Gasteiger partial charge is 0.271 e. The number of amides is 2. The lowest BCUT2D eigenvalue weighted by Crippen LogP contribution is -2.17. The van der Waals surface area contributed by atoms with Crippen LogP contribution in [0.4, 0.5) is 5.69 Å². The third-order valence-corrected chi connectivity index (χ3v) is 4.59. The number of carbonyl (C=O) groups is 2. The summed E-state index contributed by atoms with van der Waals surface area (Å²) in [6.45, 7) is 0. The third kappa shape index (κ3) is 4.59. The summed E-state index contributed by atoms with van der Waals surface area (Å²) in [6, 6.07) is 29.6. The van der Waals surface area contributed by atoms with Crippen molar-refractivity contribution in [2.75, 3.05) is 5.32 Å². The van der Waals surface area contributed by atoms with Gasteiger partial charge in [-0.15, -0.1) is 0 Å². The molecule has 4 rings (SSSR count). The van der Waals surface area contributed by atoms with Crippen LogP contribution in [0.15, 0.2) is 102 Å². The Morgan fingerprint density at radius 1 is 0.667 bits per heavy atom. The van der Waals surface area contributed by atoms with Crippen LogP contribution in [0, 0.1) is 0 Å². The number of carbonyl (C=O) groups excluding carboxylic acids is 2. The summed E-state index contributed by atoms with van der Waals surface area (Å²) in [7, 11) is 0. The first-order valence-electron chi connectivity index (χ1n) is 9.48. The fraction of sp³-hybridized carbons (Fsp3) is 0. The van der Waals surface area contributed by atoms with E-state index in [1.165, 1.54) is 0 Å². The fourth-order valence-electron chi connectivity index (χ4n) is 3.02. The lowest BCUT2D eigenvalue weighted by molar-refractivity contribution is 0.0954. The second kappa shape index (κ2) is 8.84. The van der Waals surface area contributed by atoms with Crippen molar-refractivity contribution in [3.8, 4) is 0 Å². The highest BCUT2D eigenvalue weighted by atomic mass is 16.2. The minimum absolute atomic E-state index is 0.201. The molecule has 5 nitrogen and oxygen atoms in total. The first kappa shape index (κ1) is 19.1. The molecule has 0 atom stereocenters. The molecule has 5 heteroatoms. The van der Waals surface area contributed by atoms with Crippen molar-refractivity contribution in [2.24, 2.45) is 5.10 Å². The van der Waals surface area contributed by atoms with E-state index in [0.29, 0.717) is 16.8 Å². The molecule has 0 saturated carbocycles. The number of hydrogen-bond acceptors (Lipinski definition) is 3. The number of hydrogen-bond donors (Lipinski definition) is 2. The summed E-state index contributed by atoms with van der Waals surface area (Å²) < 4.78 is 0. The Balaban J connectivity index is 1.36. The van der Waals surface area contributed by atoms with Gasteiger partial charge in [-0.05, 0) is 58.8 Å². The van der Waals surface area contributed by atoms with Crippen LogP contribution < -0.4 is 10.7 Å². The van der Waals surface area contributed by atoms with Crippen LogP contribution in [0.25, 0.3) is 10.8 Å². The fourth-order valence-corrected chi connectivity index (χ4v) is 3.02. The highest BCUT2D eigenvalue weighted by Crippen LogP contribution is 2.15. The second-order valence-corrected chi connectivity index (χ2v) is 6.70. The van der Waals surface area contributed by atoms with Gasteiger partial charge in [-0.2, -0.15) is 5.10 Å². The molecule has 0 spiro atoms. The van der Waals surface area contributed by atoms with E-state index >= 15 is 0 Å². The van der Waals surface area contributed by atoms with E-state index in [1.54, 1.807) is 54.7 Å². The molecule has 2 amide bonds. The van der Waals surface area contributed by atoms with Gasteiger partial charge in [0.05, 0.1) is 6.21 Å². The van der Waals surface area contributed by atoms with Gasteiger partial charge in [0.1, 0.15) is 0 Å². The monoisotopic (exact) mass is 393 g/mol. The van der Waals surface area contributed by atoms with Gasteiger partial charge in [-0.3, -0.25) is 9.59 Å². The largest absolute Gasteiger partial charge is 0.322 e. The standard InChI is InChI=1S/C25H19N3O2/c29-24(20-7-2-1-3-8-20)27-23-14-12-21(13-15-23)25(30)28-26-17-18-10-11-19-6-4-5-9-22(19)16-18/h1-17H,(H,27,29)(H,28,30). The molecule has 146 valence electrons. The molecule has 0 fully saturated rings. The molecule has 0 unspecified atom stereocenters. The average molecular weight is 393 g/mol. The summed E-state index contributed by atoms with van der Waals surface area (Å²) in [6.07, 6.45) is 1.61. The van der Waals surface area contributed by atoms with Crippen molar-refractivity contribution in [2.45, 2.75) is 0 Å². The van der Waals surface area contributed by atoms with Crippen molar-refractivity contribution >= 4 is 34.5 Å². The average Bonchev–Trinajstić information content (AvgIpc) is 2.80. The minimum Gasteiger partial charge on any atom is -0.322 e. The molecule has 0 bridgehead atoms. The van der Waals surface area contributed by atoms with Crippen molar-refractivity contribution in [1.29, 1.82) is 0 Å². The number of benzene rings is 4. The minimum atomic E-state index is -0.326. The molecule has 0 heterocycles. The molecule has 2 N–H and O–H groups in total. The van der Waals surface area contributed by atoms with Crippen molar-refractivity contribution < 1.29 is 9.59 Å². The van der Waals surface area contributed by atoms with Crippen LogP contribution in [-0.4, -0.2) is 18.0 Å². The van der Waals surface area contributed by atoms with Gasteiger partial charge >= 0.3 is 0 Å². The molecule has 4 aromatic carbocycles. The van der Waals surface area contributed by atoms with Gasteiger partial charge in [0, 0.05) is 16.8 Å². The molecule has 0 aromatic heterocycles. The molecular weight excluding hydrogens is 374 g/mol. The lowest BCUT2D eigenvalue weighted by Gasteiger charge is -2.06. The van der Waals surface area contributed by atoms with E-state index in [9.17, 15) is 9.59 Å². The maximum absolute atomic E-state index is 12.3. The maximum atomic E-state index is 12.3. The SMILES string of the molecule is O=C(NN=Cc1ccc2ccccc2c1)c1ccc(NC(=O)c2ccccc2)cc1. The summed E-state index contributed by atoms with van der Waals surface area (Å²) in [5, 5.41) is 9.11. The maximum Gasteiger partial charge on any atom is 0.271 e. The van der Waals surface area contributed by atoms with Gasteiger partial charge < -0.3 is 5.32 Å². The first-order chi connectivity index (χ1) is 14.7. The summed E-state index contributed by atoms with van der Waals surface area (Å²) in [4.78, 5) is 24.5. The molecule has 0 aliphatic carbocycles. The van der Waals surface area contributed by atoms with E-state index in [-0.39, 0.29) is 11.8 Å². The van der Waals surface area contributed by atoms with Crippen molar-refractivity contribution in [3.05, 3.63) is 114 Å². The third-order valence-electron chi connectivity index (χ3n) is 4.59. The van der Waals surface area contributed by atoms with Crippen LogP contribution in [0.2, 0.25) is 0 Å². The summed E-state index contributed by atoms with van der Waals surface area (Å²) in [5.41, 5.74) is 5.05. The number of fused-ring (bicyclic) bond motifs is 1. The Bertz CT molecular complexity index is 1220. The predicted molar refractivity (Wildman–Crippen MR) is 120 cm³/mol. The zero-order valence-corrected chi connectivity index (χ0v) is 16.1. The van der Waals surface area contributed by atoms with Gasteiger partial charge in [-0.1, -0.05) is 54.6 Å². The van der Waals surface area contributed by atoms with Crippen molar-refractivity contribution in [3.63, 3.8) is 0 Å². The van der Waals surface area contributed by atoms with E-state index in [2.05, 4.69) is 15.8 Å². The number of nitrogens with zero attached hydrogens (tertiary/aromatic N) is 1. The molecular formula is C25H19N3O2. The van der Waals surface area contributed by atoms with Gasteiger partial charge in [0.15, 0.2) is 0 Å². The quantitative estimate of drug-likeness (QED) is 0.376. The van der Waals surface area contributed by atoms with E-state index in [1.807, 2.05) is 48.5 Å². The van der Waals surface area contributed by atoms with Crippen LogP contribution in [0.5, 0.6) is 0 Å². The summed E-state index contributed by atoms with van der Waals surface area (Å²) in [5.74, 6) is -0.527. The predicted octanol–water partition coefficient (Wildman–Crippen LogP) is 4.86. The van der Waals surface area contributed by atoms with Gasteiger partial charge in [0.25, 0.3) is 11.8 Å². The van der Waals surface area contributed by atoms with Crippen LogP contribution in [0.3, 0.4) is 0 Å². The topological polar surface area (TPSA) is 70.6 Å². The number of rotatable bonds is 5. The Hall–Kier alpha value is -4.25. The molecule has 0 aliphatic rings. The Morgan fingerprint density at radius 3 is 2.10 bits per heavy atom. The number of anilines is 1. The van der Waals surface area contributed by atoms with Gasteiger partial charge in [-0.25, -0.2) is 5.43 Å². The van der Waals surface area contributed by atoms with E-state index < -0.39 is 0 Å². The number of nitrogens with one attached hydrogen (secondary N) is 2. The van der Waals surface area contributed by atoms with E-state index in [0.717, 1.165) is 16.3 Å². The van der Waals surface area contributed by atoms with E-state index in [4.69, 9.17) is 0 Å². The zero-order chi connectivity index (χ0) is 20.8. The normalized spacial score (nSPS) is 10.8. The highest BCUT2D eigenvalue weighted by molar-refractivity contribution is 6.04. The summed E-state index contributed by atoms with van der Waals surface area (Å²) >= 11 is 0. The van der Waals surface area contributed by atoms with Crippen LogP contribution in [-0.2, 0) is 0 Å². The van der Waals surface area contributed by atoms with Crippen LogP contribution in [0.1, 0.15) is 26.3 Å². The Morgan fingerprint density at radius 2 is 1.33 bits per heavy atom. The van der Waals surface area contributed by atoms with Crippen LogP contribution >= 0.6 is 0 Å². The van der Waals surface area contributed by atoms with Crippen molar-refractivity contribution in [1.82, 2.24) is 5.43 Å². The molecule has 0 radical (unpaired) electrons. The molecule has 0 aliphatic heterocycles. The first-order valence-corrected chi connectivity index (χ1v) is 9.48. The Labute approximate surface area is 174 Å². The molecule has 0 saturated heterocycles.